The van der Waals surface area contributed by atoms with Gasteiger partial charge in [-0.1, -0.05) is 26.3 Å². The first-order chi connectivity index (χ1) is 17.2. The first kappa shape index (κ1) is 24.4. The lowest BCUT2D eigenvalue weighted by molar-refractivity contribution is -0.0580. The van der Waals surface area contributed by atoms with E-state index in [1.807, 2.05) is 4.90 Å². The van der Waals surface area contributed by atoms with Crippen molar-refractivity contribution < 1.29 is 23.5 Å². The highest BCUT2D eigenvalue weighted by atomic mass is 19.1. The van der Waals surface area contributed by atoms with E-state index in [4.69, 9.17) is 0 Å². The number of carbonyl (C=O) groups is 2. The Labute approximate surface area is 207 Å². The van der Waals surface area contributed by atoms with E-state index in [-0.39, 0.29) is 35.6 Å². The summed E-state index contributed by atoms with van der Waals surface area (Å²) >= 11 is 0. The largest absolute Gasteiger partial charge is 0.503 e. The van der Waals surface area contributed by atoms with Crippen molar-refractivity contribution in [3.8, 4) is 5.75 Å². The zero-order valence-electron chi connectivity index (χ0n) is 20.3. The van der Waals surface area contributed by atoms with Gasteiger partial charge in [-0.2, -0.15) is 0 Å². The number of halogens is 2. The Bertz CT molecular complexity index is 1280. The van der Waals surface area contributed by atoms with Crippen molar-refractivity contribution in [2.75, 3.05) is 13.1 Å². The number of pyridine rings is 1. The van der Waals surface area contributed by atoms with E-state index in [2.05, 4.69) is 24.1 Å². The highest BCUT2D eigenvalue weighted by molar-refractivity contribution is 5.99. The van der Waals surface area contributed by atoms with Gasteiger partial charge in [-0.05, 0) is 30.7 Å². The van der Waals surface area contributed by atoms with Gasteiger partial charge in [0.2, 0.25) is 5.43 Å². The molecular formula is C26H30F2N4O4. The number of benzene rings is 1. The van der Waals surface area contributed by atoms with E-state index < -0.39 is 34.6 Å². The van der Waals surface area contributed by atoms with Crippen molar-refractivity contribution in [3.05, 3.63) is 63.1 Å². The number of carbonyl (C=O) groups excluding carboxylic acids is 2. The monoisotopic (exact) mass is 500 g/mol. The quantitative estimate of drug-likeness (QED) is 0.659. The molecule has 3 atom stereocenters. The fraction of sp³-hybridized carbons (Fsp3) is 0.500. The minimum absolute atomic E-state index is 0.0514. The van der Waals surface area contributed by atoms with Crippen LogP contribution in [0, 0.1) is 23.5 Å². The van der Waals surface area contributed by atoms with Crippen molar-refractivity contribution in [2.45, 2.75) is 58.4 Å². The topological polar surface area (TPSA) is 94.9 Å². The molecular weight excluding hydrogens is 470 g/mol. The molecule has 0 radical (unpaired) electrons. The highest BCUT2D eigenvalue weighted by Gasteiger charge is 2.49. The van der Waals surface area contributed by atoms with Gasteiger partial charge in [-0.25, -0.2) is 8.78 Å². The molecule has 3 aliphatic rings. The molecule has 3 heterocycles. The van der Waals surface area contributed by atoms with Crippen LogP contribution in [0.2, 0.25) is 0 Å². The summed E-state index contributed by atoms with van der Waals surface area (Å²) in [6.45, 7) is 5.98. The van der Waals surface area contributed by atoms with Crippen molar-refractivity contribution in [3.63, 3.8) is 0 Å². The Morgan fingerprint density at radius 2 is 1.97 bits per heavy atom. The number of nitrogens with one attached hydrogen (secondary N) is 1. The molecule has 3 unspecified atom stereocenters. The van der Waals surface area contributed by atoms with Crippen LogP contribution < -0.4 is 10.7 Å². The summed E-state index contributed by atoms with van der Waals surface area (Å²) < 4.78 is 28.6. The molecule has 1 aliphatic carbocycles. The van der Waals surface area contributed by atoms with E-state index in [1.54, 1.807) is 0 Å². The van der Waals surface area contributed by atoms with Crippen molar-refractivity contribution >= 4 is 11.8 Å². The number of aromatic hydroxyl groups is 1. The van der Waals surface area contributed by atoms with E-state index in [9.17, 15) is 28.3 Å². The number of nitrogens with zero attached hydrogens (tertiary/aromatic N) is 3. The van der Waals surface area contributed by atoms with Crippen LogP contribution in [-0.2, 0) is 13.1 Å². The Morgan fingerprint density at radius 3 is 2.69 bits per heavy atom. The van der Waals surface area contributed by atoms with E-state index in [1.165, 1.54) is 16.8 Å². The lowest BCUT2D eigenvalue weighted by Gasteiger charge is -2.53. The molecule has 5 rings (SSSR count). The summed E-state index contributed by atoms with van der Waals surface area (Å²) in [7, 11) is 0. The van der Waals surface area contributed by atoms with Crippen molar-refractivity contribution in [1.82, 2.24) is 19.7 Å². The predicted octanol–water partition coefficient (Wildman–Crippen LogP) is 2.68. The molecule has 1 aromatic carbocycles. The van der Waals surface area contributed by atoms with Gasteiger partial charge >= 0.3 is 0 Å². The molecule has 10 heteroatoms. The second kappa shape index (κ2) is 9.31. The molecule has 0 bridgehead atoms. The Morgan fingerprint density at radius 1 is 1.19 bits per heavy atom. The summed E-state index contributed by atoms with van der Waals surface area (Å²) in [5.41, 5.74) is -1.35. The normalized spacial score (nSPS) is 23.4. The van der Waals surface area contributed by atoms with E-state index in [0.29, 0.717) is 24.4 Å². The molecule has 192 valence electrons. The van der Waals surface area contributed by atoms with E-state index in [0.717, 1.165) is 38.4 Å². The first-order valence-electron chi connectivity index (χ1n) is 12.4. The smallest absolute Gasteiger partial charge is 0.276 e. The molecule has 1 saturated heterocycles. The van der Waals surface area contributed by atoms with Crippen LogP contribution in [0.3, 0.4) is 0 Å². The van der Waals surface area contributed by atoms with Crippen LogP contribution >= 0.6 is 0 Å². The molecule has 1 saturated carbocycles. The summed E-state index contributed by atoms with van der Waals surface area (Å²) in [6.07, 6.45) is 4.04. The van der Waals surface area contributed by atoms with Gasteiger partial charge in [0, 0.05) is 43.5 Å². The fourth-order valence-corrected chi connectivity index (χ4v) is 5.98. The van der Waals surface area contributed by atoms with Gasteiger partial charge in [-0.3, -0.25) is 19.3 Å². The second-order valence-electron chi connectivity index (χ2n) is 10.4. The lowest BCUT2D eigenvalue weighted by Crippen LogP contribution is -2.66. The molecule has 2 N–H and O–H groups in total. The number of fused-ring (bicyclic) bond motifs is 4. The molecule has 2 amide bonds. The van der Waals surface area contributed by atoms with Crippen LogP contribution in [0.4, 0.5) is 8.78 Å². The number of hydrogen-bond donors (Lipinski definition) is 2. The Kier molecular flexibility index (Phi) is 6.32. The first-order valence-corrected chi connectivity index (χ1v) is 12.4. The van der Waals surface area contributed by atoms with Gasteiger partial charge in [0.25, 0.3) is 11.8 Å². The number of amides is 2. The fourth-order valence-electron chi connectivity index (χ4n) is 5.98. The Hall–Kier alpha value is -3.27. The van der Waals surface area contributed by atoms with Gasteiger partial charge in [0.05, 0.1) is 6.54 Å². The minimum Gasteiger partial charge on any atom is -0.503 e. The van der Waals surface area contributed by atoms with Gasteiger partial charge in [0.15, 0.2) is 11.4 Å². The van der Waals surface area contributed by atoms with Crippen molar-refractivity contribution in [1.29, 1.82) is 0 Å². The number of aromatic nitrogens is 1. The molecule has 2 aromatic rings. The van der Waals surface area contributed by atoms with Crippen LogP contribution in [0.25, 0.3) is 0 Å². The molecule has 36 heavy (non-hydrogen) atoms. The second-order valence-corrected chi connectivity index (χ2v) is 10.4. The third-order valence-corrected chi connectivity index (χ3v) is 7.54. The van der Waals surface area contributed by atoms with Crippen molar-refractivity contribution in [2.24, 2.45) is 11.8 Å². The van der Waals surface area contributed by atoms with Crippen LogP contribution in [0.15, 0.2) is 29.2 Å². The van der Waals surface area contributed by atoms with Gasteiger partial charge < -0.3 is 19.9 Å². The molecule has 2 fully saturated rings. The number of hydrogen-bond acceptors (Lipinski definition) is 5. The third-order valence-electron chi connectivity index (χ3n) is 7.54. The summed E-state index contributed by atoms with van der Waals surface area (Å²) in [5, 5.41) is 13.2. The summed E-state index contributed by atoms with van der Waals surface area (Å²) in [6, 6.07) is 3.06. The molecule has 0 spiro atoms. The van der Waals surface area contributed by atoms with Crippen LogP contribution in [0.5, 0.6) is 5.75 Å². The minimum atomic E-state index is -0.954. The molecule has 8 nitrogen and oxygen atoms in total. The zero-order chi connectivity index (χ0) is 25.7. The zero-order valence-corrected chi connectivity index (χ0v) is 20.3. The van der Waals surface area contributed by atoms with Crippen LogP contribution in [-0.4, -0.2) is 56.6 Å². The van der Waals surface area contributed by atoms with Crippen LogP contribution in [0.1, 0.15) is 59.5 Å². The molecule has 2 aliphatic heterocycles. The predicted molar refractivity (Wildman–Crippen MR) is 127 cm³/mol. The SMILES string of the molecule is CC(C)CN1CC2CCCC2N2C(=O)c3c(O)c(=O)c(C(=O)NCc4ccc(F)cc4F)cn3CC12. The average molecular weight is 501 g/mol. The number of rotatable bonds is 5. The standard InChI is InChI=1S/C26H30F2N4O4/c1-14(2)10-30-11-16-4-3-5-20(16)32-21(30)13-31-12-18(23(33)24(34)22(31)26(32)36)25(35)29-9-15-6-7-17(27)8-19(15)28/h6-8,12,14,16,20-21,34H,3-5,9-11,13H2,1-2H3,(H,29,35). The maximum absolute atomic E-state index is 13.9. The van der Waals surface area contributed by atoms with E-state index >= 15 is 0 Å². The molecule has 1 aromatic heterocycles. The average Bonchev–Trinajstić information content (AvgIpc) is 3.28. The summed E-state index contributed by atoms with van der Waals surface area (Å²) in [4.78, 5) is 43.6. The van der Waals surface area contributed by atoms with Gasteiger partial charge in [0.1, 0.15) is 23.4 Å². The van der Waals surface area contributed by atoms with Gasteiger partial charge in [-0.15, -0.1) is 0 Å². The lowest BCUT2D eigenvalue weighted by atomic mass is 9.93. The maximum Gasteiger partial charge on any atom is 0.276 e. The third kappa shape index (κ3) is 4.17. The highest BCUT2D eigenvalue weighted by Crippen LogP contribution is 2.40. The Balaban J connectivity index is 1.46. The summed E-state index contributed by atoms with van der Waals surface area (Å²) in [5.74, 6) is -2.78. The maximum atomic E-state index is 13.9.